The lowest BCUT2D eigenvalue weighted by atomic mass is 9.94. The standard InChI is InChI=1S/C24H23F4N3/c1-15(11-17-5-8-19(9-6-17)24(26,27)28)23(25)20-12-18(7-10-21(20)29-3)16(2)22-13-30-14-31(22)4/h5-10,12-14,16H,3,11H2,1-2,4H3/b23-15-. The van der Waals surface area contributed by atoms with Gasteiger partial charge < -0.3 is 4.57 Å². The number of aryl methyl sites for hydroxylation is 1. The molecule has 1 unspecified atom stereocenters. The molecule has 7 heteroatoms. The Balaban J connectivity index is 1.93. The molecule has 2 aromatic carbocycles. The first-order valence-corrected chi connectivity index (χ1v) is 9.70. The highest BCUT2D eigenvalue weighted by Gasteiger charge is 2.30. The molecular formula is C24H23F4N3. The van der Waals surface area contributed by atoms with Crippen LogP contribution in [0.25, 0.3) is 5.83 Å². The molecule has 3 aromatic rings. The van der Waals surface area contributed by atoms with Crippen LogP contribution in [-0.4, -0.2) is 16.3 Å². The van der Waals surface area contributed by atoms with Crippen molar-refractivity contribution in [2.24, 2.45) is 12.0 Å². The predicted octanol–water partition coefficient (Wildman–Crippen LogP) is 6.87. The molecule has 1 heterocycles. The van der Waals surface area contributed by atoms with Crippen LogP contribution in [0.15, 0.2) is 65.6 Å². The van der Waals surface area contributed by atoms with Crippen molar-refractivity contribution in [3.8, 4) is 0 Å². The van der Waals surface area contributed by atoms with E-state index in [1.165, 1.54) is 12.1 Å². The number of aliphatic imine (C=N–C) groups is 1. The van der Waals surface area contributed by atoms with Crippen LogP contribution < -0.4 is 0 Å². The molecule has 0 bridgehead atoms. The van der Waals surface area contributed by atoms with Gasteiger partial charge in [0, 0.05) is 30.4 Å². The molecule has 3 rings (SSSR count). The zero-order valence-corrected chi connectivity index (χ0v) is 17.5. The van der Waals surface area contributed by atoms with Crippen LogP contribution in [0.4, 0.5) is 23.2 Å². The summed E-state index contributed by atoms with van der Waals surface area (Å²) in [4.78, 5) is 8.07. The summed E-state index contributed by atoms with van der Waals surface area (Å²) >= 11 is 0. The SMILES string of the molecule is C=Nc1ccc(C(C)c2cncn2C)cc1/C(F)=C(\C)Cc1ccc(C(F)(F)F)cc1. The molecule has 3 nitrogen and oxygen atoms in total. The quantitative estimate of drug-likeness (QED) is 0.311. The molecule has 0 fully saturated rings. The fourth-order valence-corrected chi connectivity index (χ4v) is 3.52. The maximum Gasteiger partial charge on any atom is 0.416 e. The smallest absolute Gasteiger partial charge is 0.337 e. The number of aromatic nitrogens is 2. The van der Waals surface area contributed by atoms with Crippen molar-refractivity contribution in [3.05, 3.63) is 88.5 Å². The highest BCUT2D eigenvalue weighted by molar-refractivity contribution is 5.74. The minimum absolute atomic E-state index is 0.0202. The first-order valence-electron chi connectivity index (χ1n) is 9.70. The molecule has 0 aliphatic carbocycles. The summed E-state index contributed by atoms with van der Waals surface area (Å²) < 4.78 is 55.6. The van der Waals surface area contributed by atoms with Crippen LogP contribution in [0.3, 0.4) is 0 Å². The predicted molar refractivity (Wildman–Crippen MR) is 115 cm³/mol. The summed E-state index contributed by atoms with van der Waals surface area (Å²) in [5.41, 5.74) is 2.85. The number of halogens is 4. The number of allylic oxidation sites excluding steroid dienone is 1. The summed E-state index contributed by atoms with van der Waals surface area (Å²) in [5, 5.41) is 0. The van der Waals surface area contributed by atoms with Gasteiger partial charge in [0.2, 0.25) is 0 Å². The summed E-state index contributed by atoms with van der Waals surface area (Å²) in [6, 6.07) is 10.1. The molecule has 31 heavy (non-hydrogen) atoms. The van der Waals surface area contributed by atoms with Crippen molar-refractivity contribution in [3.63, 3.8) is 0 Å². The Morgan fingerprint density at radius 3 is 2.39 bits per heavy atom. The van der Waals surface area contributed by atoms with E-state index in [0.29, 0.717) is 22.4 Å². The summed E-state index contributed by atoms with van der Waals surface area (Å²) in [5.74, 6) is -0.477. The van der Waals surface area contributed by atoms with E-state index in [0.717, 1.165) is 23.4 Å². The third-order valence-electron chi connectivity index (χ3n) is 5.35. The number of alkyl halides is 3. The summed E-state index contributed by atoms with van der Waals surface area (Å²) in [7, 11) is 1.90. The molecule has 1 aromatic heterocycles. The van der Waals surface area contributed by atoms with E-state index < -0.39 is 17.6 Å². The van der Waals surface area contributed by atoms with Gasteiger partial charge in [0.1, 0.15) is 5.83 Å². The van der Waals surface area contributed by atoms with E-state index in [1.54, 1.807) is 31.6 Å². The van der Waals surface area contributed by atoms with Crippen molar-refractivity contribution in [1.29, 1.82) is 0 Å². The van der Waals surface area contributed by atoms with Crippen LogP contribution in [0.2, 0.25) is 0 Å². The third-order valence-corrected chi connectivity index (χ3v) is 5.35. The van der Waals surface area contributed by atoms with Crippen molar-refractivity contribution >= 4 is 18.2 Å². The minimum atomic E-state index is -4.40. The first-order chi connectivity index (χ1) is 14.6. The number of hydrogen-bond donors (Lipinski definition) is 0. The molecule has 1 atom stereocenters. The maximum absolute atomic E-state index is 15.4. The lowest BCUT2D eigenvalue weighted by molar-refractivity contribution is -0.137. The third kappa shape index (κ3) is 4.93. The molecule has 0 N–H and O–H groups in total. The molecule has 0 saturated carbocycles. The normalized spacial score (nSPS) is 13.6. The van der Waals surface area contributed by atoms with Gasteiger partial charge in [0.05, 0.1) is 17.6 Å². The number of hydrogen-bond acceptors (Lipinski definition) is 2. The van der Waals surface area contributed by atoms with Gasteiger partial charge in [-0.1, -0.05) is 25.1 Å². The second-order valence-electron chi connectivity index (χ2n) is 7.55. The van der Waals surface area contributed by atoms with E-state index in [2.05, 4.69) is 16.7 Å². The van der Waals surface area contributed by atoms with Gasteiger partial charge >= 0.3 is 6.18 Å². The van der Waals surface area contributed by atoms with Crippen molar-refractivity contribution in [2.75, 3.05) is 0 Å². The van der Waals surface area contributed by atoms with E-state index in [1.807, 2.05) is 24.6 Å². The Morgan fingerprint density at radius 1 is 1.16 bits per heavy atom. The second kappa shape index (κ2) is 8.88. The van der Waals surface area contributed by atoms with Crippen molar-refractivity contribution in [1.82, 2.24) is 9.55 Å². The monoisotopic (exact) mass is 429 g/mol. The van der Waals surface area contributed by atoms with Crippen molar-refractivity contribution < 1.29 is 17.6 Å². The van der Waals surface area contributed by atoms with Gasteiger partial charge in [-0.2, -0.15) is 13.2 Å². The van der Waals surface area contributed by atoms with Gasteiger partial charge in [-0.15, -0.1) is 0 Å². The van der Waals surface area contributed by atoms with Crippen LogP contribution in [0.5, 0.6) is 0 Å². The van der Waals surface area contributed by atoms with Gasteiger partial charge in [-0.05, 0) is 61.0 Å². The fraction of sp³-hybridized carbons (Fsp3) is 0.250. The lowest BCUT2D eigenvalue weighted by Crippen LogP contribution is -2.04. The number of imidazole rings is 1. The lowest BCUT2D eigenvalue weighted by Gasteiger charge is -2.16. The summed E-state index contributed by atoms with van der Waals surface area (Å²) in [6.07, 6.45) is -0.737. The molecule has 0 aliphatic heterocycles. The van der Waals surface area contributed by atoms with Gasteiger partial charge in [0.25, 0.3) is 0 Å². The Morgan fingerprint density at radius 2 is 1.84 bits per heavy atom. The van der Waals surface area contributed by atoms with Crippen LogP contribution in [0.1, 0.15) is 47.7 Å². The molecule has 0 radical (unpaired) electrons. The molecule has 0 saturated heterocycles. The average Bonchev–Trinajstić information content (AvgIpc) is 3.17. The van der Waals surface area contributed by atoms with Crippen LogP contribution >= 0.6 is 0 Å². The minimum Gasteiger partial charge on any atom is -0.337 e. The molecular weight excluding hydrogens is 406 g/mol. The molecule has 0 spiro atoms. The molecule has 162 valence electrons. The first kappa shape index (κ1) is 22.5. The zero-order valence-electron chi connectivity index (χ0n) is 17.5. The Hall–Kier alpha value is -3.22. The zero-order chi connectivity index (χ0) is 22.8. The van der Waals surface area contributed by atoms with Gasteiger partial charge in [0.15, 0.2) is 0 Å². The number of benzene rings is 2. The highest BCUT2D eigenvalue weighted by atomic mass is 19.4. The molecule has 0 amide bonds. The van der Waals surface area contributed by atoms with E-state index >= 15 is 4.39 Å². The Kier molecular flexibility index (Phi) is 6.43. The van der Waals surface area contributed by atoms with E-state index in [4.69, 9.17) is 0 Å². The second-order valence-corrected chi connectivity index (χ2v) is 7.55. The Labute approximate surface area is 178 Å². The van der Waals surface area contributed by atoms with Crippen LogP contribution in [0, 0.1) is 0 Å². The average molecular weight is 429 g/mol. The van der Waals surface area contributed by atoms with Crippen LogP contribution in [-0.2, 0) is 19.6 Å². The largest absolute Gasteiger partial charge is 0.416 e. The summed E-state index contributed by atoms with van der Waals surface area (Å²) in [6.45, 7) is 7.16. The Bertz CT molecular complexity index is 1110. The van der Waals surface area contributed by atoms with Crippen molar-refractivity contribution in [2.45, 2.75) is 32.4 Å². The number of nitrogens with zero attached hydrogens (tertiary/aromatic N) is 3. The fourth-order valence-electron chi connectivity index (χ4n) is 3.52. The van der Waals surface area contributed by atoms with Gasteiger partial charge in [-0.25, -0.2) is 9.37 Å². The van der Waals surface area contributed by atoms with E-state index in [9.17, 15) is 13.2 Å². The van der Waals surface area contributed by atoms with E-state index in [-0.39, 0.29) is 12.3 Å². The number of rotatable bonds is 6. The van der Waals surface area contributed by atoms with Gasteiger partial charge in [-0.3, -0.25) is 4.99 Å². The maximum atomic E-state index is 15.4. The molecule has 0 aliphatic rings. The topological polar surface area (TPSA) is 30.2 Å². The highest BCUT2D eigenvalue weighted by Crippen LogP contribution is 2.35.